The molecule has 2 aliphatic rings. The van der Waals surface area contributed by atoms with Crippen molar-refractivity contribution in [2.45, 2.75) is 12.6 Å². The Balaban J connectivity index is 1.68. The summed E-state index contributed by atoms with van der Waals surface area (Å²) in [6.07, 6.45) is 0. The Bertz CT molecular complexity index is 523. The fourth-order valence-corrected chi connectivity index (χ4v) is 3.22. The van der Waals surface area contributed by atoms with E-state index in [0.29, 0.717) is 6.04 Å². The van der Waals surface area contributed by atoms with E-state index in [4.69, 9.17) is 4.74 Å². The number of piperazine rings is 1. The number of fused-ring (bicyclic) bond motifs is 1. The van der Waals surface area contributed by atoms with E-state index >= 15 is 0 Å². The SMILES string of the molecule is COc1ccc(Br)c(CN2CCN3C(=O)NCC3C2)c1. The first-order valence-corrected chi connectivity index (χ1v) is 7.56. The van der Waals surface area contributed by atoms with Crippen molar-refractivity contribution in [3.05, 3.63) is 28.2 Å². The van der Waals surface area contributed by atoms with Gasteiger partial charge in [-0.1, -0.05) is 15.9 Å². The first kappa shape index (κ1) is 13.7. The summed E-state index contributed by atoms with van der Waals surface area (Å²) in [6.45, 7) is 4.26. The standard InChI is InChI=1S/C14H18BrN3O2/c1-20-12-2-3-13(15)10(6-12)8-17-4-5-18-11(9-17)7-16-14(18)19/h2-3,6,11H,4-5,7-9H2,1H3,(H,16,19). The van der Waals surface area contributed by atoms with Crippen LogP contribution in [0.15, 0.2) is 22.7 Å². The fourth-order valence-electron chi connectivity index (χ4n) is 2.85. The van der Waals surface area contributed by atoms with E-state index in [2.05, 4.69) is 32.2 Å². The van der Waals surface area contributed by atoms with Gasteiger partial charge < -0.3 is 15.0 Å². The molecule has 20 heavy (non-hydrogen) atoms. The molecule has 0 radical (unpaired) electrons. The molecule has 3 rings (SSSR count). The number of rotatable bonds is 3. The van der Waals surface area contributed by atoms with Gasteiger partial charge in [-0.3, -0.25) is 4.90 Å². The first-order chi connectivity index (χ1) is 9.67. The Hall–Kier alpha value is -1.27. The van der Waals surface area contributed by atoms with Gasteiger partial charge in [-0.25, -0.2) is 4.79 Å². The van der Waals surface area contributed by atoms with Crippen molar-refractivity contribution in [2.24, 2.45) is 0 Å². The average Bonchev–Trinajstić information content (AvgIpc) is 2.82. The average molecular weight is 340 g/mol. The summed E-state index contributed by atoms with van der Waals surface area (Å²) in [6, 6.07) is 6.42. The predicted octanol–water partition coefficient (Wildman–Crippen LogP) is 1.67. The van der Waals surface area contributed by atoms with Crippen LogP contribution < -0.4 is 10.1 Å². The molecule has 108 valence electrons. The maximum atomic E-state index is 11.6. The summed E-state index contributed by atoms with van der Waals surface area (Å²) in [5, 5.41) is 2.91. The molecule has 5 nitrogen and oxygen atoms in total. The van der Waals surface area contributed by atoms with Crippen LogP contribution in [0.2, 0.25) is 0 Å². The zero-order chi connectivity index (χ0) is 14.1. The van der Waals surface area contributed by atoms with Gasteiger partial charge in [0.05, 0.1) is 13.2 Å². The second-order valence-electron chi connectivity index (χ2n) is 5.23. The first-order valence-electron chi connectivity index (χ1n) is 6.76. The zero-order valence-electron chi connectivity index (χ0n) is 11.4. The van der Waals surface area contributed by atoms with Crippen molar-refractivity contribution >= 4 is 22.0 Å². The van der Waals surface area contributed by atoms with Crippen LogP contribution in [0.4, 0.5) is 4.79 Å². The molecule has 2 amide bonds. The van der Waals surface area contributed by atoms with E-state index in [1.807, 2.05) is 17.0 Å². The molecule has 1 atom stereocenters. The van der Waals surface area contributed by atoms with Crippen molar-refractivity contribution < 1.29 is 9.53 Å². The van der Waals surface area contributed by atoms with E-state index in [1.165, 1.54) is 5.56 Å². The number of nitrogens with zero attached hydrogens (tertiary/aromatic N) is 2. The molecular weight excluding hydrogens is 322 g/mol. The van der Waals surface area contributed by atoms with Gasteiger partial charge in [0.15, 0.2) is 0 Å². The number of hydrogen-bond donors (Lipinski definition) is 1. The maximum absolute atomic E-state index is 11.6. The number of carbonyl (C=O) groups is 1. The van der Waals surface area contributed by atoms with E-state index < -0.39 is 0 Å². The number of hydrogen-bond acceptors (Lipinski definition) is 3. The molecule has 0 aromatic heterocycles. The summed E-state index contributed by atoms with van der Waals surface area (Å²) in [4.78, 5) is 15.9. The summed E-state index contributed by atoms with van der Waals surface area (Å²) >= 11 is 3.59. The van der Waals surface area contributed by atoms with Crippen LogP contribution in [0.1, 0.15) is 5.56 Å². The minimum atomic E-state index is 0.0808. The third-order valence-electron chi connectivity index (χ3n) is 3.96. The van der Waals surface area contributed by atoms with Crippen molar-refractivity contribution in [1.29, 1.82) is 0 Å². The molecule has 2 fully saturated rings. The molecule has 6 heteroatoms. The van der Waals surface area contributed by atoms with E-state index in [-0.39, 0.29) is 6.03 Å². The number of halogens is 1. The quantitative estimate of drug-likeness (QED) is 0.910. The summed E-state index contributed by atoms with van der Waals surface area (Å²) < 4.78 is 6.38. The van der Waals surface area contributed by atoms with Gasteiger partial charge in [-0.15, -0.1) is 0 Å². The third kappa shape index (κ3) is 2.62. The minimum Gasteiger partial charge on any atom is -0.497 e. The van der Waals surface area contributed by atoms with Gasteiger partial charge in [-0.2, -0.15) is 0 Å². The van der Waals surface area contributed by atoms with Gasteiger partial charge in [0.2, 0.25) is 0 Å². The molecule has 0 bridgehead atoms. The lowest BCUT2D eigenvalue weighted by Gasteiger charge is -2.36. The second-order valence-corrected chi connectivity index (χ2v) is 6.08. The van der Waals surface area contributed by atoms with Crippen LogP contribution in [0.5, 0.6) is 5.75 Å². The lowest BCUT2D eigenvalue weighted by Crippen LogP contribution is -2.51. The Morgan fingerprint density at radius 2 is 2.30 bits per heavy atom. The summed E-state index contributed by atoms with van der Waals surface area (Å²) in [5.74, 6) is 0.875. The molecule has 2 saturated heterocycles. The molecular formula is C14H18BrN3O2. The molecule has 2 aliphatic heterocycles. The van der Waals surface area contributed by atoms with Crippen molar-refractivity contribution in [3.63, 3.8) is 0 Å². The third-order valence-corrected chi connectivity index (χ3v) is 4.74. The molecule has 2 heterocycles. The second kappa shape index (κ2) is 5.61. The van der Waals surface area contributed by atoms with Gasteiger partial charge in [-0.05, 0) is 23.8 Å². The highest BCUT2D eigenvalue weighted by atomic mass is 79.9. The van der Waals surface area contributed by atoms with Gasteiger partial charge >= 0.3 is 6.03 Å². The van der Waals surface area contributed by atoms with E-state index in [9.17, 15) is 4.79 Å². The molecule has 1 N–H and O–H groups in total. The lowest BCUT2D eigenvalue weighted by molar-refractivity contribution is 0.116. The highest BCUT2D eigenvalue weighted by Crippen LogP contribution is 2.25. The van der Waals surface area contributed by atoms with Gasteiger partial charge in [0, 0.05) is 37.2 Å². The van der Waals surface area contributed by atoms with Gasteiger partial charge in [0.1, 0.15) is 5.75 Å². The Morgan fingerprint density at radius 3 is 3.10 bits per heavy atom. The Morgan fingerprint density at radius 1 is 1.45 bits per heavy atom. The highest BCUT2D eigenvalue weighted by Gasteiger charge is 2.35. The largest absolute Gasteiger partial charge is 0.497 e. The van der Waals surface area contributed by atoms with Crippen molar-refractivity contribution in [3.8, 4) is 5.75 Å². The summed E-state index contributed by atoms with van der Waals surface area (Å²) in [5.41, 5.74) is 1.22. The van der Waals surface area contributed by atoms with Gasteiger partial charge in [0.25, 0.3) is 0 Å². The number of carbonyl (C=O) groups excluding carboxylic acids is 1. The molecule has 1 aromatic carbocycles. The zero-order valence-corrected chi connectivity index (χ0v) is 13.0. The van der Waals surface area contributed by atoms with Crippen molar-refractivity contribution in [1.82, 2.24) is 15.1 Å². The van der Waals surface area contributed by atoms with Crippen LogP contribution in [0.25, 0.3) is 0 Å². The number of ether oxygens (including phenoxy) is 1. The van der Waals surface area contributed by atoms with E-state index in [0.717, 1.165) is 42.9 Å². The van der Waals surface area contributed by atoms with E-state index in [1.54, 1.807) is 7.11 Å². The normalized spacial score (nSPS) is 22.6. The number of nitrogens with one attached hydrogen (secondary N) is 1. The van der Waals surface area contributed by atoms with Crippen LogP contribution in [-0.2, 0) is 6.54 Å². The van der Waals surface area contributed by atoms with Crippen LogP contribution in [-0.4, -0.2) is 55.2 Å². The molecule has 0 aliphatic carbocycles. The number of amides is 2. The topological polar surface area (TPSA) is 44.8 Å². The predicted molar refractivity (Wildman–Crippen MR) is 79.9 cm³/mol. The molecule has 0 saturated carbocycles. The number of benzene rings is 1. The minimum absolute atomic E-state index is 0.0808. The highest BCUT2D eigenvalue weighted by molar-refractivity contribution is 9.10. The van der Waals surface area contributed by atoms with Crippen LogP contribution in [0, 0.1) is 0 Å². The number of urea groups is 1. The molecule has 0 spiro atoms. The Labute approximate surface area is 127 Å². The monoisotopic (exact) mass is 339 g/mol. The van der Waals surface area contributed by atoms with Crippen LogP contribution in [0.3, 0.4) is 0 Å². The fraction of sp³-hybridized carbons (Fsp3) is 0.500. The Kier molecular flexibility index (Phi) is 3.85. The summed E-state index contributed by atoms with van der Waals surface area (Å²) in [7, 11) is 1.68. The molecule has 1 aromatic rings. The number of methoxy groups -OCH3 is 1. The lowest BCUT2D eigenvalue weighted by atomic mass is 10.1. The van der Waals surface area contributed by atoms with Crippen molar-refractivity contribution in [2.75, 3.05) is 33.3 Å². The molecule has 1 unspecified atom stereocenters. The maximum Gasteiger partial charge on any atom is 0.317 e. The van der Waals surface area contributed by atoms with Crippen LogP contribution >= 0.6 is 15.9 Å². The smallest absolute Gasteiger partial charge is 0.317 e.